The number of aryl methyl sites for hydroxylation is 1. The van der Waals surface area contributed by atoms with Gasteiger partial charge in [-0.3, -0.25) is 4.68 Å². The molecular weight excluding hydrogens is 242 g/mol. The Hall–Kier alpha value is -1.07. The van der Waals surface area contributed by atoms with Gasteiger partial charge in [0.15, 0.2) is 5.75 Å². The number of rotatable bonds is 7. The number of methoxy groups -OCH3 is 2. The summed E-state index contributed by atoms with van der Waals surface area (Å²) in [5, 5.41) is 7.97. The smallest absolute Gasteiger partial charge is 0.161 e. The van der Waals surface area contributed by atoms with Gasteiger partial charge in [-0.05, 0) is 32.7 Å². The summed E-state index contributed by atoms with van der Waals surface area (Å²) in [5.41, 5.74) is 0.990. The van der Waals surface area contributed by atoms with E-state index in [1.54, 1.807) is 13.3 Å². The summed E-state index contributed by atoms with van der Waals surface area (Å²) >= 11 is 0. The fourth-order valence-electron chi connectivity index (χ4n) is 2.95. The minimum atomic E-state index is -0.115. The van der Waals surface area contributed by atoms with Crippen molar-refractivity contribution < 1.29 is 9.47 Å². The van der Waals surface area contributed by atoms with E-state index in [0.29, 0.717) is 0 Å². The zero-order chi connectivity index (χ0) is 13.9. The highest BCUT2D eigenvalue weighted by molar-refractivity contribution is 5.31. The second-order valence-corrected chi connectivity index (χ2v) is 5.03. The molecule has 0 bridgehead atoms. The number of nitrogens with one attached hydrogen (secondary N) is 1. The maximum atomic E-state index is 5.85. The number of aromatic nitrogens is 2. The highest BCUT2D eigenvalue weighted by Gasteiger charge is 2.47. The molecule has 0 spiro atoms. The molecule has 1 aliphatic carbocycles. The van der Waals surface area contributed by atoms with Crippen molar-refractivity contribution in [2.24, 2.45) is 0 Å². The van der Waals surface area contributed by atoms with Crippen LogP contribution in [0, 0.1) is 0 Å². The summed E-state index contributed by atoms with van der Waals surface area (Å²) in [6.45, 7) is 5.95. The highest BCUT2D eigenvalue weighted by atomic mass is 16.5. The maximum Gasteiger partial charge on any atom is 0.161 e. The summed E-state index contributed by atoms with van der Waals surface area (Å²) in [6.07, 6.45) is 5.18. The van der Waals surface area contributed by atoms with Crippen molar-refractivity contribution in [2.45, 2.75) is 51.3 Å². The van der Waals surface area contributed by atoms with E-state index < -0.39 is 0 Å². The third-order valence-electron chi connectivity index (χ3n) is 4.18. The Morgan fingerprint density at radius 3 is 2.58 bits per heavy atom. The molecule has 0 saturated heterocycles. The third-order valence-corrected chi connectivity index (χ3v) is 4.18. The number of hydrogen-bond donors (Lipinski definition) is 1. The van der Waals surface area contributed by atoms with Crippen molar-refractivity contribution in [3.05, 3.63) is 11.9 Å². The monoisotopic (exact) mass is 267 g/mol. The fraction of sp³-hybridized carbons (Fsp3) is 0.786. The van der Waals surface area contributed by atoms with Gasteiger partial charge in [-0.25, -0.2) is 0 Å². The number of likely N-dealkylation sites (N-methyl/N-ethyl adjacent to an activating group) is 1. The van der Waals surface area contributed by atoms with Crippen LogP contribution in [-0.2, 0) is 11.3 Å². The van der Waals surface area contributed by atoms with Gasteiger partial charge >= 0.3 is 0 Å². The normalized spacial score (nSPS) is 18.9. The quantitative estimate of drug-likeness (QED) is 0.822. The molecule has 5 nitrogen and oxygen atoms in total. The van der Waals surface area contributed by atoms with Crippen molar-refractivity contribution in [1.29, 1.82) is 0 Å². The molecule has 1 saturated carbocycles. The highest BCUT2D eigenvalue weighted by Crippen LogP contribution is 2.46. The molecular formula is C14H25N3O2. The minimum absolute atomic E-state index is 0.115. The van der Waals surface area contributed by atoms with Crippen molar-refractivity contribution in [1.82, 2.24) is 15.1 Å². The summed E-state index contributed by atoms with van der Waals surface area (Å²) in [6, 6.07) is 0.133. The Morgan fingerprint density at radius 2 is 2.16 bits per heavy atom. The summed E-state index contributed by atoms with van der Waals surface area (Å²) in [5.74, 6) is 0.844. The molecule has 0 amide bonds. The number of nitrogens with zero attached hydrogens (tertiary/aromatic N) is 2. The molecule has 2 rings (SSSR count). The topological polar surface area (TPSA) is 48.3 Å². The van der Waals surface area contributed by atoms with Crippen LogP contribution in [0.25, 0.3) is 0 Å². The van der Waals surface area contributed by atoms with Crippen LogP contribution < -0.4 is 10.1 Å². The second-order valence-electron chi connectivity index (χ2n) is 5.03. The molecule has 1 unspecified atom stereocenters. The summed E-state index contributed by atoms with van der Waals surface area (Å²) in [7, 11) is 3.51. The molecule has 108 valence electrons. The predicted molar refractivity (Wildman–Crippen MR) is 74.5 cm³/mol. The first-order valence-corrected chi connectivity index (χ1v) is 7.10. The van der Waals surface area contributed by atoms with Crippen molar-refractivity contribution in [3.63, 3.8) is 0 Å². The Labute approximate surface area is 115 Å². The summed E-state index contributed by atoms with van der Waals surface area (Å²) in [4.78, 5) is 0. The van der Waals surface area contributed by atoms with Gasteiger partial charge in [0.05, 0.1) is 24.9 Å². The van der Waals surface area contributed by atoms with Gasteiger partial charge < -0.3 is 14.8 Å². The largest absolute Gasteiger partial charge is 0.493 e. The van der Waals surface area contributed by atoms with Gasteiger partial charge in [0.25, 0.3) is 0 Å². The van der Waals surface area contributed by atoms with Crippen molar-refractivity contribution >= 4 is 0 Å². The van der Waals surface area contributed by atoms with E-state index in [2.05, 4.69) is 24.3 Å². The first-order valence-electron chi connectivity index (χ1n) is 7.10. The fourth-order valence-corrected chi connectivity index (χ4v) is 2.95. The Kier molecular flexibility index (Phi) is 4.47. The lowest BCUT2D eigenvalue weighted by atomic mass is 9.73. The first-order chi connectivity index (χ1) is 9.22. The molecule has 19 heavy (non-hydrogen) atoms. The second kappa shape index (κ2) is 5.92. The van der Waals surface area contributed by atoms with E-state index >= 15 is 0 Å². The molecule has 1 heterocycles. The van der Waals surface area contributed by atoms with E-state index in [0.717, 1.165) is 37.4 Å². The lowest BCUT2D eigenvalue weighted by Gasteiger charge is -2.46. The standard InChI is InChI=1S/C14H25N3O2/c1-5-15-13(14(19-4)8-7-9-14)12-11(18-3)10-16-17(12)6-2/h10,13,15H,5-9H2,1-4H3. The van der Waals surface area contributed by atoms with Gasteiger partial charge in [0.1, 0.15) is 5.69 Å². The van der Waals surface area contributed by atoms with Crippen LogP contribution in [0.1, 0.15) is 44.8 Å². The SMILES string of the molecule is CCNC(c1c(OC)cnn1CC)C1(OC)CCC1. The van der Waals surface area contributed by atoms with Gasteiger partial charge in [0, 0.05) is 13.7 Å². The zero-order valence-corrected chi connectivity index (χ0v) is 12.4. The molecule has 0 aromatic carbocycles. The summed E-state index contributed by atoms with van der Waals surface area (Å²) < 4.78 is 13.3. The molecule has 1 aromatic heterocycles. The molecule has 0 aliphatic heterocycles. The van der Waals surface area contributed by atoms with Gasteiger partial charge in [-0.2, -0.15) is 5.10 Å². The molecule has 1 atom stereocenters. The van der Waals surface area contributed by atoms with Crippen LogP contribution in [0.5, 0.6) is 5.75 Å². The van der Waals surface area contributed by atoms with E-state index in [1.807, 2.05) is 11.8 Å². The van der Waals surface area contributed by atoms with Crippen LogP contribution in [0.3, 0.4) is 0 Å². The molecule has 0 radical (unpaired) electrons. The van der Waals surface area contributed by atoms with E-state index in [-0.39, 0.29) is 11.6 Å². The lowest BCUT2D eigenvalue weighted by Crippen LogP contribution is -2.51. The maximum absolute atomic E-state index is 5.85. The Bertz CT molecular complexity index is 386. The van der Waals surface area contributed by atoms with Gasteiger partial charge in [-0.15, -0.1) is 0 Å². The third kappa shape index (κ3) is 2.37. The van der Waals surface area contributed by atoms with Crippen LogP contribution in [0.2, 0.25) is 0 Å². The van der Waals surface area contributed by atoms with Crippen molar-refractivity contribution in [3.8, 4) is 5.75 Å². The molecule has 1 aromatic rings. The average molecular weight is 267 g/mol. The first kappa shape index (κ1) is 14.3. The van der Waals surface area contributed by atoms with Gasteiger partial charge in [0.2, 0.25) is 0 Å². The van der Waals surface area contributed by atoms with Crippen LogP contribution in [0.15, 0.2) is 6.20 Å². The number of hydrogen-bond acceptors (Lipinski definition) is 4. The van der Waals surface area contributed by atoms with E-state index in [4.69, 9.17) is 9.47 Å². The van der Waals surface area contributed by atoms with E-state index in [9.17, 15) is 0 Å². The average Bonchev–Trinajstić information content (AvgIpc) is 2.79. The van der Waals surface area contributed by atoms with Gasteiger partial charge in [-0.1, -0.05) is 6.92 Å². The Morgan fingerprint density at radius 1 is 1.42 bits per heavy atom. The minimum Gasteiger partial charge on any atom is -0.493 e. The van der Waals surface area contributed by atoms with Crippen LogP contribution in [0.4, 0.5) is 0 Å². The Balaban J connectivity index is 2.40. The molecule has 1 aliphatic rings. The van der Waals surface area contributed by atoms with Crippen LogP contribution >= 0.6 is 0 Å². The lowest BCUT2D eigenvalue weighted by molar-refractivity contribution is -0.102. The zero-order valence-electron chi connectivity index (χ0n) is 12.4. The molecule has 1 fully saturated rings. The van der Waals surface area contributed by atoms with Crippen LogP contribution in [-0.4, -0.2) is 36.1 Å². The number of ether oxygens (including phenoxy) is 2. The molecule has 1 N–H and O–H groups in total. The molecule has 5 heteroatoms. The van der Waals surface area contributed by atoms with Crippen molar-refractivity contribution in [2.75, 3.05) is 20.8 Å². The predicted octanol–water partition coefficient (Wildman–Crippen LogP) is 2.13. The van der Waals surface area contributed by atoms with E-state index in [1.165, 1.54) is 6.42 Å².